The molecular weight excluding hydrogens is 585 g/mol. The van der Waals surface area contributed by atoms with Gasteiger partial charge < -0.3 is 4.57 Å². The van der Waals surface area contributed by atoms with Crippen molar-refractivity contribution >= 4 is 39.0 Å². The lowest BCUT2D eigenvalue weighted by Gasteiger charge is -2.30. The Labute approximate surface area is 243 Å². The van der Waals surface area contributed by atoms with Gasteiger partial charge in [-0.05, 0) is 97.5 Å². The molecule has 2 aliphatic rings. The van der Waals surface area contributed by atoms with Crippen LogP contribution in [0.2, 0.25) is 0 Å². The van der Waals surface area contributed by atoms with Crippen molar-refractivity contribution in [2.75, 3.05) is 0 Å². The molecule has 0 amide bonds. The van der Waals surface area contributed by atoms with Gasteiger partial charge >= 0.3 is 0 Å². The standard InChI is InChI=1S/C33H25BrFN3OS/c1-19-17-23(20(2)37(19)26-14-12-25(35)13-15-26)18-29-32(39)38-31(22-7-10-24(34)11-8-22)28-16-9-21-5-3-4-6-27(21)30(28)36-33(38)40-29/h3-8,10-15,17-18,31H,9,16H2,1-2H3/b29-18+/t31-/m1/s1. The van der Waals surface area contributed by atoms with Crippen molar-refractivity contribution in [3.05, 3.63) is 148 Å². The number of aromatic nitrogens is 2. The highest BCUT2D eigenvalue weighted by atomic mass is 79.9. The molecule has 0 unspecified atom stereocenters. The average molecular weight is 611 g/mol. The van der Waals surface area contributed by atoms with Gasteiger partial charge in [0.15, 0.2) is 4.80 Å². The number of benzene rings is 3. The van der Waals surface area contributed by atoms with E-state index in [0.29, 0.717) is 9.33 Å². The quantitative estimate of drug-likeness (QED) is 0.226. The summed E-state index contributed by atoms with van der Waals surface area (Å²) in [5.74, 6) is -0.266. The number of allylic oxidation sites excluding steroid dienone is 1. The summed E-state index contributed by atoms with van der Waals surface area (Å²) >= 11 is 5.00. The number of halogens is 2. The van der Waals surface area contributed by atoms with Crippen LogP contribution in [0.3, 0.4) is 0 Å². The number of hydrogen-bond acceptors (Lipinski definition) is 3. The largest absolute Gasteiger partial charge is 0.318 e. The van der Waals surface area contributed by atoms with Crippen molar-refractivity contribution in [2.24, 2.45) is 4.99 Å². The van der Waals surface area contributed by atoms with Gasteiger partial charge in [-0.15, -0.1) is 0 Å². The van der Waals surface area contributed by atoms with Crippen molar-refractivity contribution in [1.29, 1.82) is 0 Å². The van der Waals surface area contributed by atoms with Gasteiger partial charge in [-0.2, -0.15) is 0 Å². The number of rotatable bonds is 3. The summed E-state index contributed by atoms with van der Waals surface area (Å²) in [7, 11) is 0. The van der Waals surface area contributed by atoms with Crippen LogP contribution in [0.5, 0.6) is 0 Å². The second kappa shape index (κ2) is 9.68. The van der Waals surface area contributed by atoms with Gasteiger partial charge in [-0.1, -0.05) is 63.7 Å². The minimum atomic E-state index is -0.266. The molecule has 7 rings (SSSR count). The van der Waals surface area contributed by atoms with Crippen molar-refractivity contribution < 1.29 is 4.39 Å². The van der Waals surface area contributed by atoms with E-state index >= 15 is 0 Å². The van der Waals surface area contributed by atoms with Crippen molar-refractivity contribution in [1.82, 2.24) is 9.13 Å². The number of aryl methyl sites for hydroxylation is 2. The van der Waals surface area contributed by atoms with Gasteiger partial charge in [0, 0.05) is 27.1 Å². The average Bonchev–Trinajstić information content (AvgIpc) is 3.42. The van der Waals surface area contributed by atoms with Crippen LogP contribution in [0.4, 0.5) is 4.39 Å². The molecular formula is C33H25BrFN3OS. The van der Waals surface area contributed by atoms with E-state index in [0.717, 1.165) is 56.8 Å². The van der Waals surface area contributed by atoms with Crippen LogP contribution in [0.15, 0.2) is 98.7 Å². The molecule has 7 heteroatoms. The molecule has 0 saturated heterocycles. The Balaban J connectivity index is 1.43. The summed E-state index contributed by atoms with van der Waals surface area (Å²) in [6.07, 6.45) is 3.76. The third kappa shape index (κ3) is 4.07. The van der Waals surface area contributed by atoms with E-state index in [4.69, 9.17) is 4.99 Å². The predicted octanol–water partition coefficient (Wildman–Crippen LogP) is 6.63. The minimum absolute atomic E-state index is 0.0336. The zero-order valence-electron chi connectivity index (χ0n) is 22.0. The van der Waals surface area contributed by atoms with Gasteiger partial charge in [0.2, 0.25) is 0 Å². The lowest BCUT2D eigenvalue weighted by Crippen LogP contribution is -2.38. The van der Waals surface area contributed by atoms with Crippen LogP contribution < -0.4 is 14.9 Å². The summed E-state index contributed by atoms with van der Waals surface area (Å²) in [5.41, 5.74) is 9.54. The Hall–Kier alpha value is -3.81. The second-order valence-corrected chi connectivity index (χ2v) is 12.2. The molecule has 40 heavy (non-hydrogen) atoms. The number of thiazole rings is 1. The Morgan fingerprint density at radius 3 is 2.52 bits per heavy atom. The Bertz CT molecular complexity index is 2010. The monoisotopic (exact) mass is 609 g/mol. The molecule has 0 saturated carbocycles. The summed E-state index contributed by atoms with van der Waals surface area (Å²) in [5, 5.41) is 0. The topological polar surface area (TPSA) is 39.3 Å². The van der Waals surface area contributed by atoms with E-state index in [2.05, 4.69) is 63.0 Å². The number of hydrogen-bond donors (Lipinski definition) is 0. The zero-order valence-corrected chi connectivity index (χ0v) is 24.4. The Morgan fingerprint density at radius 1 is 1.00 bits per heavy atom. The third-order valence-electron chi connectivity index (χ3n) is 7.90. The highest BCUT2D eigenvalue weighted by molar-refractivity contribution is 9.10. The summed E-state index contributed by atoms with van der Waals surface area (Å²) in [6.45, 7) is 4.05. The molecule has 4 nitrogen and oxygen atoms in total. The lowest BCUT2D eigenvalue weighted by molar-refractivity contribution is 0.585. The van der Waals surface area contributed by atoms with Gasteiger partial charge in [-0.3, -0.25) is 9.36 Å². The van der Waals surface area contributed by atoms with E-state index < -0.39 is 0 Å². The Morgan fingerprint density at radius 2 is 1.75 bits per heavy atom. The van der Waals surface area contributed by atoms with Crippen LogP contribution in [0.25, 0.3) is 17.5 Å². The molecule has 198 valence electrons. The van der Waals surface area contributed by atoms with E-state index in [-0.39, 0.29) is 17.4 Å². The van der Waals surface area contributed by atoms with Crippen LogP contribution in [0, 0.1) is 19.7 Å². The van der Waals surface area contributed by atoms with E-state index in [9.17, 15) is 9.18 Å². The van der Waals surface area contributed by atoms with Crippen LogP contribution in [-0.2, 0) is 6.42 Å². The second-order valence-electron chi connectivity index (χ2n) is 10.3. The van der Waals surface area contributed by atoms with Gasteiger partial charge in [-0.25, -0.2) is 9.38 Å². The SMILES string of the molecule is Cc1cc(/C=c2/sc3n(c2=O)[C@H](c2ccc(Br)cc2)C2=C(N=3)c3ccccc3CC2)c(C)n1-c1ccc(F)cc1. The fraction of sp³-hybridized carbons (Fsp3) is 0.152. The molecule has 0 spiro atoms. The van der Waals surface area contributed by atoms with Crippen LogP contribution >= 0.6 is 27.3 Å². The van der Waals surface area contributed by atoms with Crippen molar-refractivity contribution in [3.8, 4) is 5.69 Å². The highest BCUT2D eigenvalue weighted by Crippen LogP contribution is 2.41. The Kier molecular flexibility index (Phi) is 6.09. The van der Waals surface area contributed by atoms with E-state index in [1.54, 1.807) is 12.1 Å². The molecule has 2 aromatic heterocycles. The van der Waals surface area contributed by atoms with Crippen LogP contribution in [-0.4, -0.2) is 9.13 Å². The first-order valence-corrected chi connectivity index (χ1v) is 14.8. The third-order valence-corrected chi connectivity index (χ3v) is 9.41. The zero-order chi connectivity index (χ0) is 27.5. The molecule has 0 fully saturated rings. The maximum Gasteiger partial charge on any atom is 0.271 e. The van der Waals surface area contributed by atoms with Gasteiger partial charge in [0.25, 0.3) is 5.56 Å². The first-order chi connectivity index (χ1) is 19.4. The molecule has 3 aromatic carbocycles. The lowest BCUT2D eigenvalue weighted by atomic mass is 9.83. The summed E-state index contributed by atoms with van der Waals surface area (Å²) in [4.78, 5) is 19.9. The molecule has 5 aromatic rings. The highest BCUT2D eigenvalue weighted by Gasteiger charge is 2.32. The molecule has 1 atom stereocenters. The molecule has 3 heterocycles. The summed E-state index contributed by atoms with van der Waals surface area (Å²) in [6, 6.07) is 25.1. The van der Waals surface area contributed by atoms with E-state index in [1.807, 2.05) is 36.6 Å². The van der Waals surface area contributed by atoms with E-state index in [1.165, 1.54) is 34.6 Å². The molecule has 0 radical (unpaired) electrons. The summed E-state index contributed by atoms with van der Waals surface area (Å²) < 4.78 is 19.2. The first-order valence-electron chi connectivity index (χ1n) is 13.2. The fourth-order valence-corrected chi connectivity index (χ4v) is 7.29. The molecule has 1 aliphatic carbocycles. The smallest absolute Gasteiger partial charge is 0.271 e. The molecule has 0 N–H and O–H groups in total. The van der Waals surface area contributed by atoms with Crippen LogP contribution in [0.1, 0.15) is 46.1 Å². The normalized spacial score (nSPS) is 16.4. The van der Waals surface area contributed by atoms with Crippen molar-refractivity contribution in [3.63, 3.8) is 0 Å². The van der Waals surface area contributed by atoms with Gasteiger partial charge in [0.05, 0.1) is 16.3 Å². The maximum absolute atomic E-state index is 14.1. The minimum Gasteiger partial charge on any atom is -0.318 e. The fourth-order valence-electron chi connectivity index (χ4n) is 6.03. The molecule has 0 bridgehead atoms. The molecule has 1 aliphatic heterocycles. The van der Waals surface area contributed by atoms with Gasteiger partial charge in [0.1, 0.15) is 5.82 Å². The predicted molar refractivity (Wildman–Crippen MR) is 162 cm³/mol. The maximum atomic E-state index is 14.1. The van der Waals surface area contributed by atoms with Crippen molar-refractivity contribution in [2.45, 2.75) is 32.7 Å². The number of fused-ring (bicyclic) bond motifs is 3. The number of nitrogens with zero attached hydrogens (tertiary/aromatic N) is 3. The first kappa shape index (κ1) is 25.2.